The molecule has 0 radical (unpaired) electrons. The molecule has 1 atom stereocenters. The van der Waals surface area contributed by atoms with Gasteiger partial charge in [0.25, 0.3) is 5.91 Å². The van der Waals surface area contributed by atoms with Gasteiger partial charge in [0.15, 0.2) is 0 Å². The summed E-state index contributed by atoms with van der Waals surface area (Å²) in [4.78, 5) is 14.8. The fraction of sp³-hybridized carbons (Fsp3) is 0.444. The number of hydrogen-bond donors (Lipinski definition) is 1. The van der Waals surface area contributed by atoms with Crippen molar-refractivity contribution in [1.29, 1.82) is 0 Å². The Kier molecular flexibility index (Phi) is 3.65. The summed E-state index contributed by atoms with van der Waals surface area (Å²) in [6.07, 6.45) is 2.11. The molecule has 1 saturated heterocycles. The normalized spacial score (nSPS) is 20.6. The minimum atomic E-state index is 0.122. The summed E-state index contributed by atoms with van der Waals surface area (Å²) in [5.41, 5.74) is 5.26. The van der Waals surface area contributed by atoms with Crippen LogP contribution in [0.4, 0.5) is 0 Å². The summed E-state index contributed by atoms with van der Waals surface area (Å²) < 4.78 is 5.44. The molecule has 0 spiro atoms. The van der Waals surface area contributed by atoms with Gasteiger partial charge in [-0.3, -0.25) is 9.89 Å². The molecular weight excluding hydrogens is 290 g/mol. The van der Waals surface area contributed by atoms with Crippen molar-refractivity contribution in [2.45, 2.75) is 38.9 Å². The number of amides is 1. The van der Waals surface area contributed by atoms with E-state index in [1.807, 2.05) is 30.0 Å². The second-order valence-electron chi connectivity index (χ2n) is 6.54. The number of fused-ring (bicyclic) bond motifs is 1. The van der Waals surface area contributed by atoms with Crippen LogP contribution in [0.3, 0.4) is 0 Å². The van der Waals surface area contributed by atoms with Crippen molar-refractivity contribution in [3.05, 3.63) is 52.3 Å². The van der Waals surface area contributed by atoms with Crippen LogP contribution in [0.15, 0.2) is 24.3 Å². The first-order valence-electron chi connectivity index (χ1n) is 8.21. The third-order valence-corrected chi connectivity index (χ3v) is 4.82. The molecule has 4 rings (SSSR count). The van der Waals surface area contributed by atoms with E-state index in [-0.39, 0.29) is 5.91 Å². The lowest BCUT2D eigenvalue weighted by molar-refractivity contribution is 0.0705. The molecule has 120 valence electrons. The number of piperidine rings is 1. The van der Waals surface area contributed by atoms with Crippen molar-refractivity contribution >= 4 is 5.91 Å². The predicted molar refractivity (Wildman–Crippen MR) is 86.1 cm³/mol. The van der Waals surface area contributed by atoms with Crippen molar-refractivity contribution in [3.63, 3.8) is 0 Å². The third kappa shape index (κ3) is 2.77. The van der Waals surface area contributed by atoms with E-state index in [1.165, 1.54) is 5.56 Å². The number of nitrogens with one attached hydrogen (secondary N) is 1. The zero-order chi connectivity index (χ0) is 15.8. The second kappa shape index (κ2) is 5.81. The highest BCUT2D eigenvalue weighted by molar-refractivity contribution is 5.94. The molecule has 2 aromatic rings. The molecule has 0 aliphatic carbocycles. The second-order valence-corrected chi connectivity index (χ2v) is 6.54. The zero-order valence-corrected chi connectivity index (χ0v) is 13.3. The Morgan fingerprint density at radius 1 is 1.30 bits per heavy atom. The molecule has 2 aliphatic heterocycles. The summed E-state index contributed by atoms with van der Waals surface area (Å²) in [6.45, 7) is 4.86. The first kappa shape index (κ1) is 14.5. The summed E-state index contributed by atoms with van der Waals surface area (Å²) in [5, 5.41) is 7.38. The minimum absolute atomic E-state index is 0.122. The van der Waals surface area contributed by atoms with Crippen molar-refractivity contribution in [3.8, 4) is 0 Å². The highest BCUT2D eigenvalue weighted by Crippen LogP contribution is 2.28. The molecular formula is C18H21N3O2. The summed E-state index contributed by atoms with van der Waals surface area (Å²) in [5.74, 6) is 0.451. The average Bonchev–Trinajstić information content (AvgIpc) is 3.22. The van der Waals surface area contributed by atoms with Gasteiger partial charge in [0, 0.05) is 30.3 Å². The van der Waals surface area contributed by atoms with E-state index in [2.05, 4.69) is 16.3 Å². The number of carbonyl (C=O) groups excluding carboxylic acids is 1. The van der Waals surface area contributed by atoms with Gasteiger partial charge in [-0.05, 0) is 49.1 Å². The standard InChI is InChI=1S/C18H21N3O2/c1-12-7-17(20-19-12)14-3-2-6-21(9-14)18(22)13-4-5-15-10-23-11-16(15)8-13/h4-5,7-8,14H,2-3,6,9-11H2,1H3,(H,19,20)/t14-/m1/s1. The van der Waals surface area contributed by atoms with E-state index in [1.54, 1.807) is 0 Å². The first-order chi connectivity index (χ1) is 11.2. The van der Waals surface area contributed by atoms with Crippen molar-refractivity contribution in [2.75, 3.05) is 13.1 Å². The Balaban J connectivity index is 1.51. The zero-order valence-electron chi connectivity index (χ0n) is 13.3. The number of rotatable bonds is 2. The predicted octanol–water partition coefficient (Wildman–Crippen LogP) is 2.77. The number of nitrogens with zero attached hydrogens (tertiary/aromatic N) is 2. The molecule has 5 heteroatoms. The van der Waals surface area contributed by atoms with Crippen LogP contribution in [-0.4, -0.2) is 34.1 Å². The lowest BCUT2D eigenvalue weighted by Gasteiger charge is -2.32. The highest BCUT2D eigenvalue weighted by Gasteiger charge is 2.27. The largest absolute Gasteiger partial charge is 0.372 e. The van der Waals surface area contributed by atoms with Crippen molar-refractivity contribution < 1.29 is 9.53 Å². The quantitative estimate of drug-likeness (QED) is 0.928. The highest BCUT2D eigenvalue weighted by atomic mass is 16.5. The monoisotopic (exact) mass is 311 g/mol. The Bertz CT molecular complexity index is 738. The van der Waals surface area contributed by atoms with E-state index >= 15 is 0 Å². The lowest BCUT2D eigenvalue weighted by Crippen LogP contribution is -2.39. The van der Waals surface area contributed by atoms with Crippen LogP contribution >= 0.6 is 0 Å². The molecule has 2 aliphatic rings. The van der Waals surface area contributed by atoms with Gasteiger partial charge in [-0.15, -0.1) is 0 Å². The van der Waals surface area contributed by atoms with Crippen LogP contribution in [0.1, 0.15) is 51.6 Å². The number of benzene rings is 1. The third-order valence-electron chi connectivity index (χ3n) is 4.82. The summed E-state index contributed by atoms with van der Waals surface area (Å²) in [6, 6.07) is 8.03. The molecule has 0 bridgehead atoms. The number of likely N-dealkylation sites (tertiary alicyclic amines) is 1. The summed E-state index contributed by atoms with van der Waals surface area (Å²) >= 11 is 0. The van der Waals surface area contributed by atoms with Gasteiger partial charge >= 0.3 is 0 Å². The Morgan fingerprint density at radius 2 is 2.17 bits per heavy atom. The number of carbonyl (C=O) groups is 1. The lowest BCUT2D eigenvalue weighted by atomic mass is 9.94. The van der Waals surface area contributed by atoms with Gasteiger partial charge in [-0.2, -0.15) is 5.10 Å². The number of hydrogen-bond acceptors (Lipinski definition) is 3. The maximum Gasteiger partial charge on any atom is 0.253 e. The molecule has 0 unspecified atom stereocenters. The molecule has 23 heavy (non-hydrogen) atoms. The number of aromatic nitrogens is 2. The van der Waals surface area contributed by atoms with E-state index < -0.39 is 0 Å². The van der Waals surface area contributed by atoms with Gasteiger partial charge in [0.05, 0.1) is 18.9 Å². The van der Waals surface area contributed by atoms with Crippen LogP contribution in [0.2, 0.25) is 0 Å². The Labute approximate surface area is 135 Å². The van der Waals surface area contributed by atoms with Crippen LogP contribution in [0, 0.1) is 6.92 Å². The van der Waals surface area contributed by atoms with E-state index in [4.69, 9.17) is 4.74 Å². The van der Waals surface area contributed by atoms with Gasteiger partial charge in [0.2, 0.25) is 0 Å². The fourth-order valence-electron chi connectivity index (χ4n) is 3.54. The van der Waals surface area contributed by atoms with Gasteiger partial charge < -0.3 is 9.64 Å². The van der Waals surface area contributed by atoms with Crippen LogP contribution in [0.25, 0.3) is 0 Å². The molecule has 1 N–H and O–H groups in total. The Hall–Kier alpha value is -2.14. The van der Waals surface area contributed by atoms with Gasteiger partial charge in [0.1, 0.15) is 0 Å². The number of H-pyrrole nitrogens is 1. The fourth-order valence-corrected chi connectivity index (χ4v) is 3.54. The molecule has 0 saturated carbocycles. The minimum Gasteiger partial charge on any atom is -0.372 e. The first-order valence-corrected chi connectivity index (χ1v) is 8.21. The maximum absolute atomic E-state index is 12.8. The average molecular weight is 311 g/mol. The van der Waals surface area contributed by atoms with Gasteiger partial charge in [-0.1, -0.05) is 6.07 Å². The van der Waals surface area contributed by atoms with E-state index in [9.17, 15) is 4.79 Å². The van der Waals surface area contributed by atoms with Gasteiger partial charge in [-0.25, -0.2) is 0 Å². The molecule has 1 aromatic carbocycles. The topological polar surface area (TPSA) is 58.2 Å². The van der Waals surface area contributed by atoms with Crippen molar-refractivity contribution in [2.24, 2.45) is 0 Å². The maximum atomic E-state index is 12.8. The Morgan fingerprint density at radius 3 is 3.00 bits per heavy atom. The number of aromatic amines is 1. The molecule has 1 aromatic heterocycles. The van der Waals surface area contributed by atoms with E-state index in [0.29, 0.717) is 19.1 Å². The molecule has 1 fully saturated rings. The molecule has 3 heterocycles. The number of aryl methyl sites for hydroxylation is 1. The SMILES string of the molecule is Cc1cc([C@@H]2CCCN(C(=O)c3ccc4c(c3)COC4)C2)n[nH]1. The van der Waals surface area contributed by atoms with E-state index in [0.717, 1.165) is 48.4 Å². The smallest absolute Gasteiger partial charge is 0.253 e. The van der Waals surface area contributed by atoms with Crippen molar-refractivity contribution in [1.82, 2.24) is 15.1 Å². The van der Waals surface area contributed by atoms with Crippen LogP contribution in [0.5, 0.6) is 0 Å². The van der Waals surface area contributed by atoms with Crippen LogP contribution < -0.4 is 0 Å². The molecule has 1 amide bonds. The van der Waals surface area contributed by atoms with Crippen LogP contribution in [-0.2, 0) is 18.0 Å². The molecule has 5 nitrogen and oxygen atoms in total. The number of ether oxygens (including phenoxy) is 1. The summed E-state index contributed by atoms with van der Waals surface area (Å²) in [7, 11) is 0.